The molecule has 2 aromatic heterocycles. The predicted molar refractivity (Wildman–Crippen MR) is 77.7 cm³/mol. The highest BCUT2D eigenvalue weighted by atomic mass is 35.5. The van der Waals surface area contributed by atoms with Crippen LogP contribution in [0.2, 0.25) is 5.28 Å². The Balaban J connectivity index is 2.10. The van der Waals surface area contributed by atoms with Gasteiger partial charge in [-0.15, -0.1) is 11.3 Å². The summed E-state index contributed by atoms with van der Waals surface area (Å²) >= 11 is 9.17. The highest BCUT2D eigenvalue weighted by Gasteiger charge is 2.10. The van der Waals surface area contributed by atoms with E-state index in [-0.39, 0.29) is 0 Å². The van der Waals surface area contributed by atoms with Crippen molar-refractivity contribution in [3.8, 4) is 0 Å². The van der Waals surface area contributed by atoms with Crippen molar-refractivity contribution < 1.29 is 0 Å². The van der Waals surface area contributed by atoms with Crippen LogP contribution < -0.4 is 0 Å². The summed E-state index contributed by atoms with van der Waals surface area (Å²) in [4.78, 5) is 10.7. The van der Waals surface area contributed by atoms with E-state index in [1.54, 1.807) is 23.1 Å². The number of thiophene rings is 1. The van der Waals surface area contributed by atoms with Gasteiger partial charge in [-0.05, 0) is 41.6 Å². The van der Waals surface area contributed by atoms with Crippen molar-refractivity contribution in [3.63, 3.8) is 0 Å². The monoisotopic (exact) mass is 292 g/mol. The first-order chi connectivity index (χ1) is 8.74. The maximum Gasteiger partial charge on any atom is 0.224 e. The fourth-order valence-corrected chi connectivity index (χ4v) is 3.74. The molecule has 0 aliphatic rings. The summed E-state index contributed by atoms with van der Waals surface area (Å²) in [6.07, 6.45) is 0. The summed E-state index contributed by atoms with van der Waals surface area (Å²) in [7, 11) is 0. The van der Waals surface area contributed by atoms with Crippen LogP contribution in [0.3, 0.4) is 0 Å². The average Bonchev–Trinajstić information content (AvgIpc) is 2.80. The van der Waals surface area contributed by atoms with Gasteiger partial charge in [0.25, 0.3) is 0 Å². The van der Waals surface area contributed by atoms with Gasteiger partial charge in [0.1, 0.15) is 9.86 Å². The molecule has 3 aromatic rings. The third kappa shape index (κ3) is 2.23. The molecule has 2 heterocycles. The van der Waals surface area contributed by atoms with E-state index in [2.05, 4.69) is 29.0 Å². The first-order valence-corrected chi connectivity index (χ1v) is 7.45. The summed E-state index contributed by atoms with van der Waals surface area (Å²) < 4.78 is 0. The van der Waals surface area contributed by atoms with Gasteiger partial charge in [0.2, 0.25) is 5.28 Å². The number of halogens is 1. The lowest BCUT2D eigenvalue weighted by atomic mass is 10.2. The van der Waals surface area contributed by atoms with Crippen LogP contribution in [0, 0.1) is 6.92 Å². The van der Waals surface area contributed by atoms with Gasteiger partial charge in [-0.1, -0.05) is 30.0 Å². The molecule has 0 bridgehead atoms. The molecule has 0 atom stereocenters. The average molecular weight is 293 g/mol. The Bertz CT molecular complexity index is 709. The van der Waals surface area contributed by atoms with E-state index in [1.807, 2.05) is 23.6 Å². The third-order valence-corrected chi connectivity index (χ3v) is 4.72. The lowest BCUT2D eigenvalue weighted by Crippen LogP contribution is -1.87. The quantitative estimate of drug-likeness (QED) is 0.501. The van der Waals surface area contributed by atoms with Gasteiger partial charge in [0.15, 0.2) is 0 Å². The summed E-state index contributed by atoms with van der Waals surface area (Å²) in [5.74, 6) is 0. The molecule has 0 spiro atoms. The zero-order valence-electron chi connectivity index (χ0n) is 9.55. The highest BCUT2D eigenvalue weighted by molar-refractivity contribution is 7.99. The molecule has 3 rings (SSSR count). The molecule has 0 amide bonds. The molecule has 0 aliphatic heterocycles. The summed E-state index contributed by atoms with van der Waals surface area (Å²) in [5.41, 5.74) is 1.24. The van der Waals surface area contributed by atoms with Crippen LogP contribution >= 0.6 is 34.7 Å². The summed E-state index contributed by atoms with van der Waals surface area (Å²) in [5, 5.41) is 4.30. The topological polar surface area (TPSA) is 25.8 Å². The SMILES string of the molecule is Cc1ccccc1Sc1nc(Cl)nc2sccc12. The number of fused-ring (bicyclic) bond motifs is 1. The molecular formula is C13H9ClN2S2. The van der Waals surface area contributed by atoms with Crippen molar-refractivity contribution in [2.45, 2.75) is 16.8 Å². The Labute approximate surface area is 118 Å². The van der Waals surface area contributed by atoms with E-state index >= 15 is 0 Å². The van der Waals surface area contributed by atoms with Crippen LogP contribution in [0.4, 0.5) is 0 Å². The molecule has 5 heteroatoms. The lowest BCUT2D eigenvalue weighted by molar-refractivity contribution is 1.11. The van der Waals surface area contributed by atoms with Crippen LogP contribution in [-0.2, 0) is 0 Å². The van der Waals surface area contributed by atoms with Gasteiger partial charge in [-0.3, -0.25) is 0 Å². The number of aromatic nitrogens is 2. The molecule has 0 fully saturated rings. The van der Waals surface area contributed by atoms with Gasteiger partial charge in [0, 0.05) is 10.3 Å². The Morgan fingerprint density at radius 3 is 2.83 bits per heavy atom. The second-order valence-electron chi connectivity index (χ2n) is 3.80. The fourth-order valence-electron chi connectivity index (χ4n) is 1.66. The number of hydrogen-bond acceptors (Lipinski definition) is 4. The van der Waals surface area contributed by atoms with Crippen LogP contribution in [0.15, 0.2) is 45.6 Å². The second kappa shape index (κ2) is 4.88. The van der Waals surface area contributed by atoms with Gasteiger partial charge < -0.3 is 0 Å². The van der Waals surface area contributed by atoms with Gasteiger partial charge in [0.05, 0.1) is 0 Å². The molecule has 0 saturated carbocycles. The van der Waals surface area contributed by atoms with Gasteiger partial charge >= 0.3 is 0 Å². The Morgan fingerprint density at radius 2 is 2.00 bits per heavy atom. The number of aryl methyl sites for hydroxylation is 1. The van der Waals surface area contributed by atoms with Crippen LogP contribution in [0.25, 0.3) is 10.2 Å². The standard InChI is InChI=1S/C13H9ClN2S2/c1-8-4-2-3-5-10(8)18-12-9-6-7-17-11(9)15-13(14)16-12/h2-7H,1H3. The molecule has 0 unspecified atom stereocenters. The molecule has 18 heavy (non-hydrogen) atoms. The predicted octanol–water partition coefficient (Wildman–Crippen LogP) is 4.80. The Hall–Kier alpha value is -1.10. The number of benzene rings is 1. The fraction of sp³-hybridized carbons (Fsp3) is 0.0769. The Morgan fingerprint density at radius 1 is 1.17 bits per heavy atom. The molecule has 2 nitrogen and oxygen atoms in total. The van der Waals surface area contributed by atoms with Gasteiger partial charge in [-0.2, -0.15) is 0 Å². The van der Waals surface area contributed by atoms with E-state index in [4.69, 9.17) is 11.6 Å². The number of nitrogens with zero attached hydrogens (tertiary/aromatic N) is 2. The minimum Gasteiger partial charge on any atom is -0.210 e. The van der Waals surface area contributed by atoms with E-state index in [0.717, 1.165) is 15.2 Å². The lowest BCUT2D eigenvalue weighted by Gasteiger charge is -2.05. The molecule has 0 aliphatic carbocycles. The zero-order valence-corrected chi connectivity index (χ0v) is 11.9. The van der Waals surface area contributed by atoms with Crippen molar-refractivity contribution in [1.82, 2.24) is 9.97 Å². The first kappa shape index (κ1) is 12.0. The van der Waals surface area contributed by atoms with Crippen molar-refractivity contribution >= 4 is 44.9 Å². The zero-order chi connectivity index (χ0) is 12.5. The number of rotatable bonds is 2. The van der Waals surface area contributed by atoms with E-state index < -0.39 is 0 Å². The molecule has 0 saturated heterocycles. The maximum atomic E-state index is 5.96. The number of hydrogen-bond donors (Lipinski definition) is 0. The summed E-state index contributed by atoms with van der Waals surface area (Å²) in [6.45, 7) is 2.09. The van der Waals surface area contributed by atoms with E-state index in [9.17, 15) is 0 Å². The minimum absolute atomic E-state index is 0.307. The highest BCUT2D eigenvalue weighted by Crippen LogP contribution is 2.35. The van der Waals surface area contributed by atoms with Crippen molar-refractivity contribution in [3.05, 3.63) is 46.6 Å². The molecular weight excluding hydrogens is 284 g/mol. The second-order valence-corrected chi connectivity index (χ2v) is 6.07. The maximum absolute atomic E-state index is 5.96. The van der Waals surface area contributed by atoms with Gasteiger partial charge in [-0.25, -0.2) is 9.97 Å². The van der Waals surface area contributed by atoms with Crippen LogP contribution in [0.1, 0.15) is 5.56 Å². The summed E-state index contributed by atoms with van der Waals surface area (Å²) in [6, 6.07) is 10.3. The van der Waals surface area contributed by atoms with Crippen LogP contribution in [0.5, 0.6) is 0 Å². The normalized spacial score (nSPS) is 11.0. The molecule has 0 radical (unpaired) electrons. The van der Waals surface area contributed by atoms with Crippen molar-refractivity contribution in [1.29, 1.82) is 0 Å². The van der Waals surface area contributed by atoms with E-state index in [0.29, 0.717) is 5.28 Å². The van der Waals surface area contributed by atoms with Crippen molar-refractivity contribution in [2.75, 3.05) is 0 Å². The molecule has 0 N–H and O–H groups in total. The Kier molecular flexibility index (Phi) is 3.24. The smallest absolute Gasteiger partial charge is 0.210 e. The molecule has 1 aromatic carbocycles. The van der Waals surface area contributed by atoms with Crippen molar-refractivity contribution in [2.24, 2.45) is 0 Å². The van der Waals surface area contributed by atoms with Crippen LogP contribution in [-0.4, -0.2) is 9.97 Å². The minimum atomic E-state index is 0.307. The first-order valence-electron chi connectivity index (χ1n) is 5.38. The largest absolute Gasteiger partial charge is 0.224 e. The van der Waals surface area contributed by atoms with E-state index in [1.165, 1.54) is 10.5 Å². The molecule has 90 valence electrons. The third-order valence-electron chi connectivity index (χ3n) is 2.56.